The first-order valence-electron chi connectivity index (χ1n) is 6.06. The van der Waals surface area contributed by atoms with E-state index in [9.17, 15) is 9.59 Å². The zero-order valence-electron chi connectivity index (χ0n) is 10.7. The summed E-state index contributed by atoms with van der Waals surface area (Å²) in [5, 5.41) is 0. The van der Waals surface area contributed by atoms with E-state index in [-0.39, 0.29) is 17.6 Å². The SMILES string of the molecule is COC(=O)C1CCN(c2cc(C(N)=O)ncn2)CC1. The number of rotatable bonds is 3. The summed E-state index contributed by atoms with van der Waals surface area (Å²) in [6.07, 6.45) is 2.74. The van der Waals surface area contributed by atoms with Crippen LogP contribution >= 0.6 is 0 Å². The lowest BCUT2D eigenvalue weighted by molar-refractivity contribution is -0.146. The van der Waals surface area contributed by atoms with E-state index in [2.05, 4.69) is 9.97 Å². The van der Waals surface area contributed by atoms with Gasteiger partial charge in [-0.2, -0.15) is 0 Å². The Labute approximate surface area is 110 Å². The summed E-state index contributed by atoms with van der Waals surface area (Å²) >= 11 is 0. The fourth-order valence-corrected chi connectivity index (χ4v) is 2.17. The smallest absolute Gasteiger partial charge is 0.308 e. The van der Waals surface area contributed by atoms with Gasteiger partial charge in [-0.05, 0) is 12.8 Å². The molecule has 1 saturated heterocycles. The summed E-state index contributed by atoms with van der Waals surface area (Å²) in [5.41, 5.74) is 5.38. The molecule has 0 saturated carbocycles. The van der Waals surface area contributed by atoms with Gasteiger partial charge in [-0.15, -0.1) is 0 Å². The monoisotopic (exact) mass is 264 g/mol. The number of hydrogen-bond donors (Lipinski definition) is 1. The van der Waals surface area contributed by atoms with Crippen LogP contribution in [0.15, 0.2) is 12.4 Å². The second-order valence-corrected chi connectivity index (χ2v) is 4.41. The number of primary amides is 1. The van der Waals surface area contributed by atoms with Gasteiger partial charge in [0.15, 0.2) is 0 Å². The average molecular weight is 264 g/mol. The van der Waals surface area contributed by atoms with Crippen molar-refractivity contribution in [1.82, 2.24) is 9.97 Å². The van der Waals surface area contributed by atoms with Gasteiger partial charge in [0.2, 0.25) is 0 Å². The van der Waals surface area contributed by atoms with E-state index >= 15 is 0 Å². The van der Waals surface area contributed by atoms with Crippen LogP contribution in [0.2, 0.25) is 0 Å². The summed E-state index contributed by atoms with van der Waals surface area (Å²) in [4.78, 5) is 32.4. The van der Waals surface area contributed by atoms with Crippen molar-refractivity contribution in [3.63, 3.8) is 0 Å². The van der Waals surface area contributed by atoms with Crippen LogP contribution in [0.4, 0.5) is 5.82 Å². The number of amides is 1. The minimum atomic E-state index is -0.576. The van der Waals surface area contributed by atoms with Crippen molar-refractivity contribution < 1.29 is 14.3 Å². The number of nitrogens with zero attached hydrogens (tertiary/aromatic N) is 3. The van der Waals surface area contributed by atoms with Gasteiger partial charge in [-0.3, -0.25) is 9.59 Å². The average Bonchev–Trinajstić information content (AvgIpc) is 2.46. The van der Waals surface area contributed by atoms with Crippen molar-refractivity contribution in [1.29, 1.82) is 0 Å². The van der Waals surface area contributed by atoms with Gasteiger partial charge in [-0.25, -0.2) is 9.97 Å². The van der Waals surface area contributed by atoms with Gasteiger partial charge in [-0.1, -0.05) is 0 Å². The van der Waals surface area contributed by atoms with Gasteiger partial charge in [0.1, 0.15) is 17.8 Å². The van der Waals surface area contributed by atoms with Gasteiger partial charge in [0, 0.05) is 19.2 Å². The number of ether oxygens (including phenoxy) is 1. The Bertz CT molecular complexity index is 484. The number of carbonyl (C=O) groups excluding carboxylic acids is 2. The summed E-state index contributed by atoms with van der Waals surface area (Å²) < 4.78 is 4.74. The Balaban J connectivity index is 2.03. The van der Waals surface area contributed by atoms with Crippen LogP contribution in [0.1, 0.15) is 23.3 Å². The Morgan fingerprint density at radius 1 is 1.37 bits per heavy atom. The van der Waals surface area contributed by atoms with Gasteiger partial charge < -0.3 is 15.4 Å². The van der Waals surface area contributed by atoms with Crippen molar-refractivity contribution >= 4 is 17.7 Å². The Morgan fingerprint density at radius 3 is 2.63 bits per heavy atom. The zero-order valence-corrected chi connectivity index (χ0v) is 10.7. The number of carbonyl (C=O) groups is 2. The molecule has 2 heterocycles. The molecule has 7 heteroatoms. The number of esters is 1. The lowest BCUT2D eigenvalue weighted by atomic mass is 9.97. The van der Waals surface area contributed by atoms with Crippen molar-refractivity contribution in [2.75, 3.05) is 25.1 Å². The molecule has 0 aromatic carbocycles. The molecule has 102 valence electrons. The van der Waals surface area contributed by atoms with Crippen LogP contribution in [0.25, 0.3) is 0 Å². The molecule has 1 amide bonds. The molecule has 7 nitrogen and oxygen atoms in total. The molecular weight excluding hydrogens is 248 g/mol. The lowest BCUT2D eigenvalue weighted by Crippen LogP contribution is -2.37. The highest BCUT2D eigenvalue weighted by Crippen LogP contribution is 2.22. The van der Waals surface area contributed by atoms with Gasteiger partial charge in [0.05, 0.1) is 13.0 Å². The third-order valence-corrected chi connectivity index (χ3v) is 3.26. The molecule has 1 aromatic heterocycles. The van der Waals surface area contributed by atoms with E-state index in [1.807, 2.05) is 4.90 Å². The van der Waals surface area contributed by atoms with Crippen LogP contribution in [0, 0.1) is 5.92 Å². The quantitative estimate of drug-likeness (QED) is 0.769. The second-order valence-electron chi connectivity index (χ2n) is 4.41. The van der Waals surface area contributed by atoms with E-state index in [1.165, 1.54) is 13.4 Å². The molecule has 0 aliphatic carbocycles. The fraction of sp³-hybridized carbons (Fsp3) is 0.500. The number of hydrogen-bond acceptors (Lipinski definition) is 6. The van der Waals surface area contributed by atoms with Crippen LogP contribution in [0.5, 0.6) is 0 Å². The molecule has 19 heavy (non-hydrogen) atoms. The van der Waals surface area contributed by atoms with E-state index < -0.39 is 5.91 Å². The number of aromatic nitrogens is 2. The fourth-order valence-electron chi connectivity index (χ4n) is 2.17. The second kappa shape index (κ2) is 5.64. The first-order chi connectivity index (χ1) is 9.11. The predicted molar refractivity (Wildman–Crippen MR) is 67.5 cm³/mol. The first-order valence-corrected chi connectivity index (χ1v) is 6.06. The normalized spacial score (nSPS) is 16.2. The molecule has 0 atom stereocenters. The van der Waals surface area contributed by atoms with E-state index in [0.29, 0.717) is 31.7 Å². The van der Waals surface area contributed by atoms with Crippen LogP contribution in [-0.4, -0.2) is 42.0 Å². The van der Waals surface area contributed by atoms with Crippen molar-refractivity contribution in [2.45, 2.75) is 12.8 Å². The number of anilines is 1. The van der Waals surface area contributed by atoms with Crippen LogP contribution in [0.3, 0.4) is 0 Å². The Kier molecular flexibility index (Phi) is 3.94. The van der Waals surface area contributed by atoms with E-state index in [0.717, 1.165) is 0 Å². The summed E-state index contributed by atoms with van der Waals surface area (Å²) in [5.74, 6) is -0.140. The predicted octanol–water partition coefficient (Wildman–Crippen LogP) is -0.0351. The topological polar surface area (TPSA) is 98.4 Å². The molecule has 2 rings (SSSR count). The maximum atomic E-state index is 11.4. The van der Waals surface area contributed by atoms with E-state index in [4.69, 9.17) is 10.5 Å². The molecule has 1 fully saturated rings. The zero-order chi connectivity index (χ0) is 13.8. The number of piperidine rings is 1. The molecule has 1 aliphatic heterocycles. The third-order valence-electron chi connectivity index (χ3n) is 3.26. The molecule has 1 aromatic rings. The third kappa shape index (κ3) is 2.98. The van der Waals surface area contributed by atoms with Gasteiger partial charge >= 0.3 is 5.97 Å². The molecular formula is C12H16N4O3. The molecule has 0 unspecified atom stereocenters. The summed E-state index contributed by atoms with van der Waals surface area (Å²) in [7, 11) is 1.40. The van der Waals surface area contributed by atoms with E-state index in [1.54, 1.807) is 6.07 Å². The number of methoxy groups -OCH3 is 1. The number of nitrogens with two attached hydrogens (primary N) is 1. The van der Waals surface area contributed by atoms with Crippen molar-refractivity contribution in [2.24, 2.45) is 11.7 Å². The minimum absolute atomic E-state index is 0.0568. The molecule has 2 N–H and O–H groups in total. The maximum Gasteiger partial charge on any atom is 0.308 e. The van der Waals surface area contributed by atoms with Crippen LogP contribution in [-0.2, 0) is 9.53 Å². The minimum Gasteiger partial charge on any atom is -0.469 e. The molecule has 1 aliphatic rings. The molecule has 0 spiro atoms. The highest BCUT2D eigenvalue weighted by molar-refractivity contribution is 5.91. The van der Waals surface area contributed by atoms with Crippen molar-refractivity contribution in [3.8, 4) is 0 Å². The molecule has 0 bridgehead atoms. The summed E-state index contributed by atoms with van der Waals surface area (Å²) in [6, 6.07) is 1.57. The van der Waals surface area contributed by atoms with Crippen LogP contribution < -0.4 is 10.6 Å². The maximum absolute atomic E-state index is 11.4. The Hall–Kier alpha value is -2.18. The van der Waals surface area contributed by atoms with Gasteiger partial charge in [0.25, 0.3) is 5.91 Å². The summed E-state index contributed by atoms with van der Waals surface area (Å²) in [6.45, 7) is 1.38. The Morgan fingerprint density at radius 2 is 2.05 bits per heavy atom. The standard InChI is InChI=1S/C12H16N4O3/c1-19-12(18)8-2-4-16(5-3-8)10-6-9(11(13)17)14-7-15-10/h6-8H,2-5H2,1H3,(H2,13,17). The highest BCUT2D eigenvalue weighted by atomic mass is 16.5. The first kappa shape index (κ1) is 13.3. The molecule has 0 radical (unpaired) electrons. The lowest BCUT2D eigenvalue weighted by Gasteiger charge is -2.31. The highest BCUT2D eigenvalue weighted by Gasteiger charge is 2.26. The van der Waals surface area contributed by atoms with Crippen molar-refractivity contribution in [3.05, 3.63) is 18.1 Å². The largest absolute Gasteiger partial charge is 0.469 e.